The van der Waals surface area contributed by atoms with Crippen molar-refractivity contribution in [2.24, 2.45) is 0 Å². The number of sulfonamides is 1. The standard InChI is InChI=1S/C20H21NO5S/c1-14-10-15(2)20(16(3)11-14)27(22,23)21-8-4-5-9-24-17-6-7-18-19(12-17)26-13-25-18/h6-7,10-12,21H,8-9,13H2,1-3H3. The van der Waals surface area contributed by atoms with E-state index < -0.39 is 10.0 Å². The van der Waals surface area contributed by atoms with Crippen molar-refractivity contribution in [3.8, 4) is 29.1 Å². The van der Waals surface area contributed by atoms with Crippen LogP contribution in [-0.4, -0.2) is 28.4 Å². The highest BCUT2D eigenvalue weighted by Gasteiger charge is 2.19. The summed E-state index contributed by atoms with van der Waals surface area (Å²) < 4.78 is 43.6. The van der Waals surface area contributed by atoms with Crippen LogP contribution in [0.4, 0.5) is 0 Å². The van der Waals surface area contributed by atoms with Crippen molar-refractivity contribution in [3.63, 3.8) is 0 Å². The van der Waals surface area contributed by atoms with Crippen LogP contribution < -0.4 is 18.9 Å². The van der Waals surface area contributed by atoms with E-state index in [9.17, 15) is 8.42 Å². The van der Waals surface area contributed by atoms with Crippen molar-refractivity contribution in [2.45, 2.75) is 25.7 Å². The first-order valence-electron chi connectivity index (χ1n) is 8.42. The van der Waals surface area contributed by atoms with Crippen LogP contribution in [-0.2, 0) is 10.0 Å². The van der Waals surface area contributed by atoms with Gasteiger partial charge < -0.3 is 14.2 Å². The Hall–Kier alpha value is -2.69. The molecule has 0 spiro atoms. The minimum Gasteiger partial charge on any atom is -0.481 e. The molecule has 0 amide bonds. The molecule has 0 aromatic heterocycles. The number of benzene rings is 2. The molecule has 2 aromatic carbocycles. The lowest BCUT2D eigenvalue weighted by Gasteiger charge is -2.11. The molecule has 1 N–H and O–H groups in total. The van der Waals surface area contributed by atoms with E-state index in [4.69, 9.17) is 14.2 Å². The van der Waals surface area contributed by atoms with Crippen molar-refractivity contribution in [1.29, 1.82) is 0 Å². The second kappa shape index (κ2) is 7.91. The van der Waals surface area contributed by atoms with Crippen LogP contribution >= 0.6 is 0 Å². The molecule has 0 bridgehead atoms. The lowest BCUT2D eigenvalue weighted by atomic mass is 10.1. The number of hydrogen-bond donors (Lipinski definition) is 1. The summed E-state index contributed by atoms with van der Waals surface area (Å²) in [5.41, 5.74) is 2.47. The summed E-state index contributed by atoms with van der Waals surface area (Å²) >= 11 is 0. The highest BCUT2D eigenvalue weighted by molar-refractivity contribution is 7.89. The smallest absolute Gasteiger partial charge is 0.241 e. The van der Waals surface area contributed by atoms with Crippen molar-refractivity contribution in [1.82, 2.24) is 4.72 Å². The Kier molecular flexibility index (Phi) is 5.59. The molecule has 1 aliphatic rings. The normalized spacial score (nSPS) is 12.4. The van der Waals surface area contributed by atoms with Crippen molar-refractivity contribution in [3.05, 3.63) is 47.0 Å². The van der Waals surface area contributed by atoms with Crippen LogP contribution in [0.25, 0.3) is 0 Å². The van der Waals surface area contributed by atoms with Gasteiger partial charge in [0.15, 0.2) is 11.5 Å². The van der Waals surface area contributed by atoms with E-state index >= 15 is 0 Å². The maximum atomic E-state index is 12.5. The SMILES string of the molecule is Cc1cc(C)c(S(=O)(=O)NCC#CCOc2ccc3c(c2)OCO3)c(C)c1. The molecule has 0 unspecified atom stereocenters. The van der Waals surface area contributed by atoms with Crippen LogP contribution in [0.15, 0.2) is 35.2 Å². The molecule has 0 radical (unpaired) electrons. The average Bonchev–Trinajstić information content (AvgIpc) is 3.04. The van der Waals surface area contributed by atoms with Crippen LogP contribution in [0.1, 0.15) is 16.7 Å². The van der Waals surface area contributed by atoms with Gasteiger partial charge in [-0.1, -0.05) is 29.5 Å². The van der Waals surface area contributed by atoms with Gasteiger partial charge in [-0.3, -0.25) is 0 Å². The molecule has 142 valence electrons. The number of fused-ring (bicyclic) bond motifs is 1. The van der Waals surface area contributed by atoms with Gasteiger partial charge in [-0.2, -0.15) is 4.72 Å². The minimum absolute atomic E-state index is 0.0135. The first kappa shape index (κ1) is 19.1. The van der Waals surface area contributed by atoms with Gasteiger partial charge in [-0.25, -0.2) is 8.42 Å². The monoisotopic (exact) mass is 387 g/mol. The average molecular weight is 387 g/mol. The van der Waals surface area contributed by atoms with E-state index in [1.54, 1.807) is 32.0 Å². The molecule has 27 heavy (non-hydrogen) atoms. The Morgan fingerprint density at radius 1 is 1.04 bits per heavy atom. The number of hydrogen-bond acceptors (Lipinski definition) is 5. The fraction of sp³-hybridized carbons (Fsp3) is 0.300. The van der Waals surface area contributed by atoms with Crippen LogP contribution in [0.2, 0.25) is 0 Å². The van der Waals surface area contributed by atoms with E-state index in [1.165, 1.54) is 0 Å². The van der Waals surface area contributed by atoms with Crippen molar-refractivity contribution < 1.29 is 22.6 Å². The van der Waals surface area contributed by atoms with E-state index in [0.29, 0.717) is 22.1 Å². The van der Waals surface area contributed by atoms with Crippen LogP contribution in [0, 0.1) is 32.6 Å². The lowest BCUT2D eigenvalue weighted by Crippen LogP contribution is -2.25. The van der Waals surface area contributed by atoms with Gasteiger partial charge in [0.2, 0.25) is 16.8 Å². The molecule has 1 aliphatic heterocycles. The van der Waals surface area contributed by atoms with Gasteiger partial charge in [0.1, 0.15) is 12.4 Å². The first-order valence-corrected chi connectivity index (χ1v) is 9.91. The Bertz CT molecular complexity index is 995. The molecule has 0 fully saturated rings. The molecule has 6 nitrogen and oxygen atoms in total. The zero-order chi connectivity index (χ0) is 19.4. The summed E-state index contributed by atoms with van der Waals surface area (Å²) in [4.78, 5) is 0.312. The topological polar surface area (TPSA) is 73.9 Å². The predicted octanol–water partition coefficient (Wildman–Crippen LogP) is 2.70. The lowest BCUT2D eigenvalue weighted by molar-refractivity contribution is 0.174. The molecule has 0 atom stereocenters. The summed E-state index contributed by atoms with van der Waals surface area (Å²) in [5, 5.41) is 0. The largest absolute Gasteiger partial charge is 0.481 e. The van der Waals surface area contributed by atoms with Crippen molar-refractivity contribution in [2.75, 3.05) is 19.9 Å². The zero-order valence-electron chi connectivity index (χ0n) is 15.5. The Labute approximate surface area is 159 Å². The minimum atomic E-state index is -3.61. The highest BCUT2D eigenvalue weighted by atomic mass is 32.2. The van der Waals surface area contributed by atoms with Gasteiger partial charge in [-0.05, 0) is 44.0 Å². The van der Waals surface area contributed by atoms with E-state index in [-0.39, 0.29) is 19.9 Å². The van der Waals surface area contributed by atoms with Gasteiger partial charge in [0.25, 0.3) is 0 Å². The van der Waals surface area contributed by atoms with Gasteiger partial charge in [-0.15, -0.1) is 0 Å². The fourth-order valence-electron chi connectivity index (χ4n) is 2.99. The zero-order valence-corrected chi connectivity index (χ0v) is 16.3. The molecule has 0 saturated heterocycles. The Morgan fingerprint density at radius 3 is 2.48 bits per heavy atom. The van der Waals surface area contributed by atoms with E-state index in [2.05, 4.69) is 16.6 Å². The molecule has 0 saturated carbocycles. The van der Waals surface area contributed by atoms with Gasteiger partial charge >= 0.3 is 0 Å². The van der Waals surface area contributed by atoms with Gasteiger partial charge in [0.05, 0.1) is 11.4 Å². The van der Waals surface area contributed by atoms with Gasteiger partial charge in [0, 0.05) is 6.07 Å². The van der Waals surface area contributed by atoms with Crippen LogP contribution in [0.5, 0.6) is 17.2 Å². The number of rotatable bonds is 5. The molecule has 7 heteroatoms. The highest BCUT2D eigenvalue weighted by Crippen LogP contribution is 2.34. The fourth-order valence-corrected chi connectivity index (χ4v) is 4.37. The number of ether oxygens (including phenoxy) is 3. The summed E-state index contributed by atoms with van der Waals surface area (Å²) in [5.74, 6) is 7.49. The predicted molar refractivity (Wildman–Crippen MR) is 102 cm³/mol. The van der Waals surface area contributed by atoms with Crippen LogP contribution in [0.3, 0.4) is 0 Å². The van der Waals surface area contributed by atoms with Crippen molar-refractivity contribution >= 4 is 10.0 Å². The quantitative estimate of drug-likeness (QED) is 0.799. The Morgan fingerprint density at radius 2 is 1.74 bits per heavy atom. The molecule has 0 aliphatic carbocycles. The molecule has 2 aromatic rings. The first-order chi connectivity index (χ1) is 12.9. The van der Waals surface area contributed by atoms with E-state index in [1.807, 2.05) is 19.1 Å². The molecular weight excluding hydrogens is 366 g/mol. The molecule has 3 rings (SSSR count). The molecule has 1 heterocycles. The Balaban J connectivity index is 1.54. The maximum absolute atomic E-state index is 12.5. The summed E-state index contributed by atoms with van der Waals surface area (Å²) in [7, 11) is -3.61. The maximum Gasteiger partial charge on any atom is 0.241 e. The number of aryl methyl sites for hydroxylation is 3. The third-order valence-electron chi connectivity index (χ3n) is 4.00. The second-order valence-corrected chi connectivity index (χ2v) is 7.91. The third-order valence-corrected chi connectivity index (χ3v) is 5.71. The summed E-state index contributed by atoms with van der Waals surface area (Å²) in [6.07, 6.45) is 0. The summed E-state index contributed by atoms with van der Waals surface area (Å²) in [6.45, 7) is 5.89. The second-order valence-electron chi connectivity index (χ2n) is 6.21. The van der Waals surface area contributed by atoms with E-state index in [0.717, 1.165) is 16.7 Å². The third kappa shape index (κ3) is 4.54. The number of nitrogens with one attached hydrogen (secondary N) is 1. The molecular formula is C20H21NO5S. The summed E-state index contributed by atoms with van der Waals surface area (Å²) in [6, 6.07) is 8.97.